The van der Waals surface area contributed by atoms with E-state index in [1.807, 2.05) is 53.1 Å². The summed E-state index contributed by atoms with van der Waals surface area (Å²) >= 11 is 13.2. The molecule has 3 nitrogen and oxygen atoms in total. The van der Waals surface area contributed by atoms with Crippen molar-refractivity contribution in [3.05, 3.63) is 63.9 Å². The molecule has 0 aliphatic heterocycles. The lowest BCUT2D eigenvalue weighted by Gasteiger charge is -2.10. The second-order valence-electron chi connectivity index (χ2n) is 4.37. The molecular weight excluding hydrogens is 417 g/mol. The van der Waals surface area contributed by atoms with E-state index in [9.17, 15) is 0 Å². The minimum Gasteiger partial charge on any atom is -0.278 e. The average Bonchev–Trinajstić information content (AvgIpc) is 2.92. The molecule has 0 amide bonds. The number of nitrogens with zero attached hydrogens (tertiary/aromatic N) is 3. The summed E-state index contributed by atoms with van der Waals surface area (Å²) in [4.78, 5) is 0. The lowest BCUT2D eigenvalue weighted by atomic mass is 10.2. The molecule has 0 spiro atoms. The van der Waals surface area contributed by atoms with Gasteiger partial charge in [0.1, 0.15) is 5.82 Å². The van der Waals surface area contributed by atoms with E-state index in [0.717, 1.165) is 27.4 Å². The topological polar surface area (TPSA) is 30.7 Å². The molecule has 0 aliphatic carbocycles. The third kappa shape index (κ3) is 2.91. The zero-order valence-corrected chi connectivity index (χ0v) is 14.7. The maximum atomic E-state index is 6.35. The van der Waals surface area contributed by atoms with Gasteiger partial charge in [-0.2, -0.15) is 0 Å². The molecule has 6 heteroatoms. The van der Waals surface area contributed by atoms with Crippen molar-refractivity contribution < 1.29 is 0 Å². The zero-order valence-electron chi connectivity index (χ0n) is 10.8. The van der Waals surface area contributed by atoms with Crippen molar-refractivity contribution in [3.63, 3.8) is 0 Å². The predicted octanol–water partition coefficient (Wildman–Crippen LogP) is 5.25. The van der Waals surface area contributed by atoms with Gasteiger partial charge in [-0.25, -0.2) is 0 Å². The second-order valence-corrected chi connectivity index (χ2v) is 6.25. The van der Waals surface area contributed by atoms with Crippen LogP contribution in [0.5, 0.6) is 0 Å². The maximum Gasteiger partial charge on any atom is 0.170 e. The molecule has 0 radical (unpaired) electrons. The SMILES string of the molecule is Clc1cc(Br)ccc1-c1nnc(CBr)n1-c1ccccc1. The Morgan fingerprint density at radius 2 is 1.81 bits per heavy atom. The molecule has 0 saturated carbocycles. The van der Waals surface area contributed by atoms with Crippen molar-refractivity contribution in [3.8, 4) is 17.1 Å². The quantitative estimate of drug-likeness (QED) is 0.535. The Kier molecular flexibility index (Phi) is 4.42. The van der Waals surface area contributed by atoms with Crippen molar-refractivity contribution in [1.82, 2.24) is 14.8 Å². The van der Waals surface area contributed by atoms with Crippen LogP contribution in [0.3, 0.4) is 0 Å². The summed E-state index contributed by atoms with van der Waals surface area (Å²) in [6.45, 7) is 0. The fourth-order valence-electron chi connectivity index (χ4n) is 2.10. The van der Waals surface area contributed by atoms with Crippen LogP contribution < -0.4 is 0 Å². The van der Waals surface area contributed by atoms with E-state index >= 15 is 0 Å². The number of hydrogen-bond donors (Lipinski definition) is 0. The number of hydrogen-bond acceptors (Lipinski definition) is 2. The zero-order chi connectivity index (χ0) is 14.8. The van der Waals surface area contributed by atoms with Gasteiger partial charge in [0.25, 0.3) is 0 Å². The number of para-hydroxylation sites is 1. The van der Waals surface area contributed by atoms with Gasteiger partial charge in [0.05, 0.1) is 10.4 Å². The van der Waals surface area contributed by atoms with E-state index < -0.39 is 0 Å². The van der Waals surface area contributed by atoms with E-state index in [0.29, 0.717) is 10.4 Å². The molecule has 1 aromatic heterocycles. The van der Waals surface area contributed by atoms with Crippen LogP contribution in [-0.4, -0.2) is 14.8 Å². The summed E-state index contributed by atoms with van der Waals surface area (Å²) in [6.07, 6.45) is 0. The van der Waals surface area contributed by atoms with Gasteiger partial charge in [0.2, 0.25) is 0 Å². The third-order valence-electron chi connectivity index (χ3n) is 3.04. The van der Waals surface area contributed by atoms with Crippen LogP contribution in [0, 0.1) is 0 Å². The first-order valence-electron chi connectivity index (χ1n) is 6.22. The summed E-state index contributed by atoms with van der Waals surface area (Å²) < 4.78 is 2.94. The van der Waals surface area contributed by atoms with Gasteiger partial charge in [0.15, 0.2) is 5.82 Å². The Bertz CT molecular complexity index is 772. The Morgan fingerprint density at radius 1 is 1.05 bits per heavy atom. The Balaban J connectivity index is 2.22. The fraction of sp³-hybridized carbons (Fsp3) is 0.0667. The molecule has 0 saturated heterocycles. The van der Waals surface area contributed by atoms with Gasteiger partial charge >= 0.3 is 0 Å². The third-order valence-corrected chi connectivity index (χ3v) is 4.34. The molecule has 3 rings (SSSR count). The highest BCUT2D eigenvalue weighted by atomic mass is 79.9. The molecule has 0 N–H and O–H groups in total. The number of alkyl halides is 1. The van der Waals surface area contributed by atoms with Crippen molar-refractivity contribution in [2.75, 3.05) is 0 Å². The van der Waals surface area contributed by atoms with E-state index in [-0.39, 0.29) is 0 Å². The van der Waals surface area contributed by atoms with Crippen LogP contribution in [0.25, 0.3) is 17.1 Å². The normalized spacial score (nSPS) is 10.8. The highest BCUT2D eigenvalue weighted by Crippen LogP contribution is 2.31. The van der Waals surface area contributed by atoms with Crippen LogP contribution >= 0.6 is 43.5 Å². The van der Waals surface area contributed by atoms with E-state index in [4.69, 9.17) is 11.6 Å². The molecule has 0 bridgehead atoms. The molecule has 106 valence electrons. The standard InChI is InChI=1S/C15H10Br2ClN3/c16-9-14-19-20-15(12-7-6-10(17)8-13(12)18)21(14)11-4-2-1-3-5-11/h1-8H,9H2. The highest BCUT2D eigenvalue weighted by Gasteiger charge is 2.16. The molecule has 21 heavy (non-hydrogen) atoms. The Morgan fingerprint density at radius 3 is 2.48 bits per heavy atom. The molecule has 2 aromatic carbocycles. The van der Waals surface area contributed by atoms with E-state index in [1.165, 1.54) is 0 Å². The van der Waals surface area contributed by atoms with Crippen LogP contribution in [0.2, 0.25) is 5.02 Å². The van der Waals surface area contributed by atoms with Crippen LogP contribution in [0.4, 0.5) is 0 Å². The summed E-state index contributed by atoms with van der Waals surface area (Å²) in [6, 6.07) is 15.7. The first-order valence-corrected chi connectivity index (χ1v) is 8.51. The highest BCUT2D eigenvalue weighted by molar-refractivity contribution is 9.10. The summed E-state index contributed by atoms with van der Waals surface area (Å²) in [5.41, 5.74) is 1.86. The summed E-state index contributed by atoms with van der Waals surface area (Å²) in [5.74, 6) is 1.56. The minimum atomic E-state index is 0.614. The predicted molar refractivity (Wildman–Crippen MR) is 92.1 cm³/mol. The first kappa shape index (κ1) is 14.8. The molecule has 1 heterocycles. The number of halogens is 3. The monoisotopic (exact) mass is 425 g/mol. The molecular formula is C15H10Br2ClN3. The maximum absolute atomic E-state index is 6.35. The summed E-state index contributed by atoms with van der Waals surface area (Å²) in [5, 5.41) is 9.80. The lowest BCUT2D eigenvalue weighted by molar-refractivity contribution is 0.962. The number of rotatable bonds is 3. The number of benzene rings is 2. The van der Waals surface area contributed by atoms with Gasteiger partial charge in [-0.15, -0.1) is 10.2 Å². The van der Waals surface area contributed by atoms with Crippen LogP contribution in [0.15, 0.2) is 53.0 Å². The van der Waals surface area contributed by atoms with Gasteiger partial charge in [0, 0.05) is 15.7 Å². The average molecular weight is 428 g/mol. The minimum absolute atomic E-state index is 0.614. The van der Waals surface area contributed by atoms with Gasteiger partial charge in [-0.05, 0) is 30.3 Å². The van der Waals surface area contributed by atoms with Gasteiger partial charge in [-0.3, -0.25) is 4.57 Å². The summed E-state index contributed by atoms with van der Waals surface area (Å²) in [7, 11) is 0. The largest absolute Gasteiger partial charge is 0.278 e. The second kappa shape index (κ2) is 6.30. The van der Waals surface area contributed by atoms with Crippen molar-refractivity contribution in [2.24, 2.45) is 0 Å². The van der Waals surface area contributed by atoms with E-state index in [1.54, 1.807) is 0 Å². The first-order chi connectivity index (χ1) is 10.2. The number of aromatic nitrogens is 3. The van der Waals surface area contributed by atoms with Gasteiger partial charge in [-0.1, -0.05) is 61.7 Å². The van der Waals surface area contributed by atoms with Gasteiger partial charge < -0.3 is 0 Å². The van der Waals surface area contributed by atoms with E-state index in [2.05, 4.69) is 42.1 Å². The molecule has 0 aliphatic rings. The fourth-order valence-corrected chi connectivity index (χ4v) is 3.22. The molecule has 0 fully saturated rings. The Hall–Kier alpha value is -1.17. The van der Waals surface area contributed by atoms with Crippen LogP contribution in [0.1, 0.15) is 5.82 Å². The van der Waals surface area contributed by atoms with Crippen molar-refractivity contribution in [1.29, 1.82) is 0 Å². The molecule has 0 atom stereocenters. The Labute approximate surface area is 144 Å². The molecule has 3 aromatic rings. The smallest absolute Gasteiger partial charge is 0.170 e. The molecule has 0 unspecified atom stereocenters. The van der Waals surface area contributed by atoms with Crippen LogP contribution in [-0.2, 0) is 5.33 Å². The van der Waals surface area contributed by atoms with Crippen molar-refractivity contribution in [2.45, 2.75) is 5.33 Å². The lowest BCUT2D eigenvalue weighted by Crippen LogP contribution is -2.01. The van der Waals surface area contributed by atoms with Crippen molar-refractivity contribution >= 4 is 43.5 Å².